The van der Waals surface area contributed by atoms with Gasteiger partial charge in [0.15, 0.2) is 0 Å². The molecular weight excluding hydrogens is 343 g/mol. The van der Waals surface area contributed by atoms with Gasteiger partial charge in [0, 0.05) is 42.6 Å². The number of rotatable bonds is 5. The normalized spacial score (nSPS) is 16.5. The van der Waals surface area contributed by atoms with Crippen molar-refractivity contribution >= 4 is 5.91 Å². The predicted octanol–water partition coefficient (Wildman–Crippen LogP) is 4.30. The van der Waals surface area contributed by atoms with Gasteiger partial charge in [-0.25, -0.2) is 4.39 Å². The lowest BCUT2D eigenvalue weighted by Crippen LogP contribution is -2.44. The van der Waals surface area contributed by atoms with Crippen LogP contribution in [0.5, 0.6) is 0 Å². The molecule has 1 fully saturated rings. The number of nitrogens with one attached hydrogen (secondary N) is 1. The third-order valence-electron chi connectivity index (χ3n) is 5.72. The smallest absolute Gasteiger partial charge is 0.253 e. The average molecular weight is 372 g/mol. The van der Waals surface area contributed by atoms with Crippen molar-refractivity contribution in [2.45, 2.75) is 52.0 Å². The van der Waals surface area contributed by atoms with Gasteiger partial charge >= 0.3 is 0 Å². The van der Waals surface area contributed by atoms with E-state index in [0.29, 0.717) is 31.4 Å². The average Bonchev–Trinajstić information content (AvgIpc) is 2.95. The van der Waals surface area contributed by atoms with E-state index >= 15 is 0 Å². The van der Waals surface area contributed by atoms with Crippen LogP contribution in [0.15, 0.2) is 30.3 Å². The van der Waals surface area contributed by atoms with E-state index in [1.807, 2.05) is 26.0 Å². The van der Waals surface area contributed by atoms with Gasteiger partial charge in [0.1, 0.15) is 5.82 Å². The number of amides is 1. The maximum atomic E-state index is 13.8. The van der Waals surface area contributed by atoms with Crippen LogP contribution in [0, 0.1) is 19.7 Å². The molecule has 1 N–H and O–H groups in total. The Bertz CT molecular complexity index is 820. The van der Waals surface area contributed by atoms with Crippen LogP contribution in [0.1, 0.15) is 60.0 Å². The lowest BCUT2D eigenvalue weighted by molar-refractivity contribution is 0.0486. The molecule has 0 spiro atoms. The molecule has 0 atom stereocenters. The Kier molecular flexibility index (Phi) is 5.70. The Morgan fingerprint density at radius 2 is 1.96 bits per heavy atom. The molecule has 1 aliphatic rings. The van der Waals surface area contributed by atoms with Crippen molar-refractivity contribution in [2.75, 3.05) is 19.8 Å². The van der Waals surface area contributed by atoms with Crippen LogP contribution in [-0.2, 0) is 10.2 Å². The Balaban J connectivity index is 1.82. The number of hydrogen-bond acceptors (Lipinski definition) is 2. The van der Waals surface area contributed by atoms with E-state index in [1.54, 1.807) is 12.1 Å². The van der Waals surface area contributed by atoms with Crippen LogP contribution in [0.4, 0.5) is 4.39 Å². The first kappa shape index (κ1) is 19.6. The molecule has 1 saturated heterocycles. The third kappa shape index (κ3) is 3.93. The summed E-state index contributed by atoms with van der Waals surface area (Å²) in [5.41, 5.74) is 3.41. The summed E-state index contributed by atoms with van der Waals surface area (Å²) in [5.74, 6) is -0.317. The summed E-state index contributed by atoms with van der Waals surface area (Å²) in [6.07, 6.45) is 1.53. The summed E-state index contributed by atoms with van der Waals surface area (Å²) in [4.78, 5) is 12.9. The van der Waals surface area contributed by atoms with Crippen molar-refractivity contribution < 1.29 is 13.9 Å². The van der Waals surface area contributed by atoms with Gasteiger partial charge in [-0.15, -0.1) is 0 Å². The molecule has 0 saturated carbocycles. The number of carbonyl (C=O) groups excluding carboxylic acids is 1. The highest BCUT2D eigenvalue weighted by Crippen LogP contribution is 2.34. The minimum Gasteiger partial charge on any atom is -0.381 e. The van der Waals surface area contributed by atoms with Crippen LogP contribution >= 0.6 is 0 Å². The number of halogens is 1. The molecule has 0 radical (unpaired) electrons. The summed E-state index contributed by atoms with van der Waals surface area (Å²) in [5, 5.41) is 3.12. The SMILES string of the molecule is Cc1cc(C(=O)NCC2(c3cccc(F)c3)CCOCC2)c(C)n1C(C)C. The van der Waals surface area contributed by atoms with Crippen molar-refractivity contribution in [3.05, 3.63) is 58.7 Å². The van der Waals surface area contributed by atoms with Crippen molar-refractivity contribution in [2.24, 2.45) is 0 Å². The highest BCUT2D eigenvalue weighted by molar-refractivity contribution is 5.95. The molecule has 0 aliphatic carbocycles. The molecule has 2 aromatic rings. The lowest BCUT2D eigenvalue weighted by Gasteiger charge is -2.38. The minimum atomic E-state index is -0.292. The molecule has 2 heterocycles. The zero-order valence-corrected chi connectivity index (χ0v) is 16.6. The Labute approximate surface area is 160 Å². The first-order valence-electron chi connectivity index (χ1n) is 9.64. The Morgan fingerprint density at radius 3 is 2.56 bits per heavy atom. The highest BCUT2D eigenvalue weighted by Gasteiger charge is 2.35. The standard InChI is InChI=1S/C22H29FN2O2/c1-15(2)25-16(3)12-20(17(25)4)21(26)24-14-22(8-10-27-11-9-22)18-6-5-7-19(23)13-18/h5-7,12-13,15H,8-11,14H2,1-4H3,(H,24,26). The van der Waals surface area contributed by atoms with Gasteiger partial charge in [0.05, 0.1) is 5.56 Å². The second-order valence-electron chi connectivity index (χ2n) is 7.83. The molecule has 1 aromatic carbocycles. The van der Waals surface area contributed by atoms with E-state index in [4.69, 9.17) is 4.74 Å². The van der Waals surface area contributed by atoms with Gasteiger partial charge in [-0.2, -0.15) is 0 Å². The monoisotopic (exact) mass is 372 g/mol. The Hall–Kier alpha value is -2.14. The molecule has 0 unspecified atom stereocenters. The zero-order valence-electron chi connectivity index (χ0n) is 16.6. The summed E-state index contributed by atoms with van der Waals surface area (Å²) >= 11 is 0. The second kappa shape index (κ2) is 7.85. The van der Waals surface area contributed by atoms with Crippen LogP contribution in [-0.4, -0.2) is 30.2 Å². The van der Waals surface area contributed by atoms with Crippen molar-refractivity contribution in [1.29, 1.82) is 0 Å². The summed E-state index contributed by atoms with van der Waals surface area (Å²) < 4.78 is 21.5. The first-order chi connectivity index (χ1) is 12.8. The molecule has 1 amide bonds. The lowest BCUT2D eigenvalue weighted by atomic mass is 9.74. The van der Waals surface area contributed by atoms with Gasteiger partial charge in [-0.05, 0) is 64.3 Å². The molecule has 27 heavy (non-hydrogen) atoms. The van der Waals surface area contributed by atoms with E-state index in [2.05, 4.69) is 23.7 Å². The molecule has 1 aromatic heterocycles. The van der Waals surface area contributed by atoms with Crippen LogP contribution in [0.3, 0.4) is 0 Å². The molecule has 146 valence electrons. The number of ether oxygens (including phenoxy) is 1. The van der Waals surface area contributed by atoms with Gasteiger partial charge in [-0.1, -0.05) is 12.1 Å². The zero-order chi connectivity index (χ0) is 19.6. The molecule has 3 rings (SSSR count). The second-order valence-corrected chi connectivity index (χ2v) is 7.83. The summed E-state index contributed by atoms with van der Waals surface area (Å²) in [6.45, 7) is 9.95. The van der Waals surface area contributed by atoms with Gasteiger partial charge in [0.2, 0.25) is 0 Å². The van der Waals surface area contributed by atoms with Crippen molar-refractivity contribution in [1.82, 2.24) is 9.88 Å². The van der Waals surface area contributed by atoms with E-state index in [1.165, 1.54) is 6.07 Å². The molecule has 1 aliphatic heterocycles. The Morgan fingerprint density at radius 1 is 1.26 bits per heavy atom. The van der Waals surface area contributed by atoms with Crippen LogP contribution < -0.4 is 5.32 Å². The van der Waals surface area contributed by atoms with Gasteiger partial charge in [0.25, 0.3) is 5.91 Å². The predicted molar refractivity (Wildman–Crippen MR) is 105 cm³/mol. The number of hydrogen-bond donors (Lipinski definition) is 1. The number of aromatic nitrogens is 1. The highest BCUT2D eigenvalue weighted by atomic mass is 19.1. The fraction of sp³-hybridized carbons (Fsp3) is 0.500. The third-order valence-corrected chi connectivity index (χ3v) is 5.72. The van der Waals surface area contributed by atoms with Crippen molar-refractivity contribution in [3.8, 4) is 0 Å². The molecule has 4 nitrogen and oxygen atoms in total. The van der Waals surface area contributed by atoms with E-state index in [0.717, 1.165) is 29.8 Å². The fourth-order valence-corrected chi connectivity index (χ4v) is 4.29. The van der Waals surface area contributed by atoms with E-state index in [9.17, 15) is 9.18 Å². The topological polar surface area (TPSA) is 43.3 Å². The fourth-order valence-electron chi connectivity index (χ4n) is 4.29. The van der Waals surface area contributed by atoms with E-state index < -0.39 is 0 Å². The largest absolute Gasteiger partial charge is 0.381 e. The van der Waals surface area contributed by atoms with Crippen molar-refractivity contribution in [3.63, 3.8) is 0 Å². The summed E-state index contributed by atoms with van der Waals surface area (Å²) in [7, 11) is 0. The van der Waals surface area contributed by atoms with Crippen LogP contribution in [0.25, 0.3) is 0 Å². The first-order valence-corrected chi connectivity index (χ1v) is 9.64. The van der Waals surface area contributed by atoms with E-state index in [-0.39, 0.29) is 17.1 Å². The molecule has 5 heteroatoms. The number of benzene rings is 1. The quantitative estimate of drug-likeness (QED) is 0.850. The minimum absolute atomic E-state index is 0.0720. The maximum absolute atomic E-state index is 13.8. The van der Waals surface area contributed by atoms with Gasteiger partial charge < -0.3 is 14.6 Å². The van der Waals surface area contributed by atoms with Gasteiger partial charge in [-0.3, -0.25) is 4.79 Å². The number of aryl methyl sites for hydroxylation is 1. The number of carbonyl (C=O) groups is 1. The summed E-state index contributed by atoms with van der Waals surface area (Å²) in [6, 6.07) is 8.98. The number of nitrogens with zero attached hydrogens (tertiary/aromatic N) is 1. The molecule has 0 bridgehead atoms. The maximum Gasteiger partial charge on any atom is 0.253 e. The molecular formula is C22H29FN2O2. The van der Waals surface area contributed by atoms with Crippen LogP contribution in [0.2, 0.25) is 0 Å².